The van der Waals surface area contributed by atoms with E-state index < -0.39 is 0 Å². The number of rotatable bonds is 0. The number of hydrogen-bond acceptors (Lipinski definition) is 1. The number of carbonyl (C=O) groups excluding carboxylic acids is 1. The lowest BCUT2D eigenvalue weighted by molar-refractivity contribution is -0.116. The van der Waals surface area contributed by atoms with E-state index in [4.69, 9.17) is 0 Å². The van der Waals surface area contributed by atoms with Gasteiger partial charge >= 0.3 is 0 Å². The quantitative estimate of drug-likeness (QED) is 0.609. The van der Waals surface area contributed by atoms with Gasteiger partial charge in [0.05, 0.1) is 0 Å². The van der Waals surface area contributed by atoms with Crippen LogP contribution < -0.4 is 0 Å². The van der Waals surface area contributed by atoms with Crippen LogP contribution in [0.15, 0.2) is 11.1 Å². The topological polar surface area (TPSA) is 17.1 Å². The largest absolute Gasteiger partial charge is 0.295 e. The molecule has 3 aliphatic carbocycles. The first-order valence-electron chi connectivity index (χ1n) is 7.21. The van der Waals surface area contributed by atoms with Gasteiger partial charge in [-0.3, -0.25) is 4.79 Å². The molecule has 2 atom stereocenters. The highest BCUT2D eigenvalue weighted by molar-refractivity contribution is 5.97. The van der Waals surface area contributed by atoms with Crippen molar-refractivity contribution in [2.45, 2.75) is 65.7 Å². The SMILES string of the molecule is CC1(C)CCC[C@]2(C)C3=C(C[C@@H]12)C(=O)CCC3. The summed E-state index contributed by atoms with van der Waals surface area (Å²) in [5.41, 5.74) is 3.59. The maximum absolute atomic E-state index is 12.1. The zero-order chi connectivity index (χ0) is 12.3. The smallest absolute Gasteiger partial charge is 0.158 e. The first-order chi connectivity index (χ1) is 7.95. The second kappa shape index (κ2) is 3.46. The molecule has 17 heavy (non-hydrogen) atoms. The van der Waals surface area contributed by atoms with Crippen LogP contribution in [-0.4, -0.2) is 5.78 Å². The second-order valence-corrected chi connectivity index (χ2v) is 7.25. The molecule has 0 radical (unpaired) electrons. The highest BCUT2D eigenvalue weighted by atomic mass is 16.1. The Bertz CT molecular complexity index is 402. The van der Waals surface area contributed by atoms with Crippen LogP contribution in [0, 0.1) is 16.7 Å². The Morgan fingerprint density at radius 1 is 1.06 bits per heavy atom. The molecule has 0 amide bonds. The summed E-state index contributed by atoms with van der Waals surface area (Å²) < 4.78 is 0. The minimum atomic E-state index is 0.354. The predicted octanol–water partition coefficient (Wildman–Crippen LogP) is 4.27. The van der Waals surface area contributed by atoms with Gasteiger partial charge in [0.2, 0.25) is 0 Å². The monoisotopic (exact) mass is 232 g/mol. The molecule has 0 bridgehead atoms. The number of allylic oxidation sites excluding steroid dienone is 2. The number of fused-ring (bicyclic) bond motifs is 2. The Labute approximate surface area is 105 Å². The molecule has 3 aliphatic rings. The third-order valence-corrected chi connectivity index (χ3v) is 5.86. The maximum atomic E-state index is 12.1. The van der Waals surface area contributed by atoms with Gasteiger partial charge in [-0.15, -0.1) is 0 Å². The highest BCUT2D eigenvalue weighted by Crippen LogP contribution is 2.63. The molecular weight excluding hydrogens is 208 g/mol. The van der Waals surface area contributed by atoms with E-state index in [9.17, 15) is 4.79 Å². The van der Waals surface area contributed by atoms with Gasteiger partial charge in [-0.1, -0.05) is 32.8 Å². The number of ketones is 1. The summed E-state index contributed by atoms with van der Waals surface area (Å²) in [7, 11) is 0. The summed E-state index contributed by atoms with van der Waals surface area (Å²) in [6.07, 6.45) is 8.17. The van der Waals surface area contributed by atoms with Crippen LogP contribution in [0.1, 0.15) is 65.7 Å². The number of hydrogen-bond donors (Lipinski definition) is 0. The molecule has 0 unspecified atom stereocenters. The van der Waals surface area contributed by atoms with Crippen LogP contribution in [0.25, 0.3) is 0 Å². The summed E-state index contributed by atoms with van der Waals surface area (Å²) in [6.45, 7) is 7.27. The molecule has 0 aromatic heterocycles. The summed E-state index contributed by atoms with van der Waals surface area (Å²) in [6, 6.07) is 0. The van der Waals surface area contributed by atoms with Gasteiger partial charge in [-0.2, -0.15) is 0 Å². The fourth-order valence-corrected chi connectivity index (χ4v) is 4.95. The molecule has 3 rings (SSSR count). The molecule has 0 aromatic carbocycles. The molecule has 1 nitrogen and oxygen atoms in total. The summed E-state index contributed by atoms with van der Waals surface area (Å²) in [4.78, 5) is 12.1. The van der Waals surface area contributed by atoms with E-state index in [1.54, 1.807) is 5.57 Å². The molecule has 0 spiro atoms. The van der Waals surface area contributed by atoms with Gasteiger partial charge in [0.1, 0.15) is 0 Å². The number of Topliss-reactive ketones (excluding diaryl/α,β-unsaturated/α-hetero) is 1. The number of carbonyl (C=O) groups is 1. The fraction of sp³-hybridized carbons (Fsp3) is 0.812. The van der Waals surface area contributed by atoms with Gasteiger partial charge in [0.15, 0.2) is 5.78 Å². The van der Waals surface area contributed by atoms with Gasteiger partial charge in [0.25, 0.3) is 0 Å². The molecule has 94 valence electrons. The Morgan fingerprint density at radius 2 is 1.82 bits per heavy atom. The lowest BCUT2D eigenvalue weighted by atomic mass is 9.56. The predicted molar refractivity (Wildman–Crippen MR) is 69.7 cm³/mol. The van der Waals surface area contributed by atoms with Crippen molar-refractivity contribution in [3.05, 3.63) is 11.1 Å². The molecule has 0 aliphatic heterocycles. The zero-order valence-electron chi connectivity index (χ0n) is 11.4. The van der Waals surface area contributed by atoms with Crippen molar-refractivity contribution in [3.63, 3.8) is 0 Å². The minimum absolute atomic E-state index is 0.354. The van der Waals surface area contributed by atoms with Gasteiger partial charge in [0, 0.05) is 6.42 Å². The first-order valence-corrected chi connectivity index (χ1v) is 7.21. The standard InChI is InChI=1S/C16H24O/c1-15(2)8-5-9-16(3)12-6-4-7-13(17)11(12)10-14(15)16/h14H,4-10H2,1-3H3/t14-,16+/m0/s1. The van der Waals surface area contributed by atoms with Gasteiger partial charge < -0.3 is 0 Å². The van der Waals surface area contributed by atoms with E-state index in [0.29, 0.717) is 16.6 Å². The summed E-state index contributed by atoms with van der Waals surface area (Å²) in [5.74, 6) is 1.19. The molecule has 1 fully saturated rings. The van der Waals surface area contributed by atoms with Crippen molar-refractivity contribution in [1.29, 1.82) is 0 Å². The minimum Gasteiger partial charge on any atom is -0.295 e. The van der Waals surface area contributed by atoms with Crippen LogP contribution in [0.3, 0.4) is 0 Å². The highest BCUT2D eigenvalue weighted by Gasteiger charge is 2.53. The van der Waals surface area contributed by atoms with Crippen LogP contribution in [0.2, 0.25) is 0 Å². The van der Waals surface area contributed by atoms with Gasteiger partial charge in [-0.25, -0.2) is 0 Å². The Balaban J connectivity index is 2.05. The summed E-state index contributed by atoms with van der Waals surface area (Å²) in [5, 5.41) is 0. The van der Waals surface area contributed by atoms with Crippen molar-refractivity contribution < 1.29 is 4.79 Å². The molecule has 0 aromatic rings. The van der Waals surface area contributed by atoms with E-state index in [2.05, 4.69) is 20.8 Å². The molecule has 0 heterocycles. The van der Waals surface area contributed by atoms with Gasteiger partial charge in [-0.05, 0) is 54.4 Å². The Morgan fingerprint density at radius 3 is 2.59 bits per heavy atom. The molecule has 1 saturated carbocycles. The third-order valence-electron chi connectivity index (χ3n) is 5.86. The van der Waals surface area contributed by atoms with Crippen LogP contribution in [-0.2, 0) is 4.79 Å². The second-order valence-electron chi connectivity index (χ2n) is 7.25. The average Bonchev–Trinajstić information content (AvgIpc) is 2.55. The van der Waals surface area contributed by atoms with Crippen LogP contribution in [0.5, 0.6) is 0 Å². The van der Waals surface area contributed by atoms with Crippen molar-refractivity contribution in [2.24, 2.45) is 16.7 Å². The van der Waals surface area contributed by atoms with Crippen LogP contribution >= 0.6 is 0 Å². The van der Waals surface area contributed by atoms with Crippen LogP contribution in [0.4, 0.5) is 0 Å². The van der Waals surface area contributed by atoms with E-state index in [1.807, 2.05) is 0 Å². The average molecular weight is 232 g/mol. The van der Waals surface area contributed by atoms with Crippen molar-refractivity contribution >= 4 is 5.78 Å². The van der Waals surface area contributed by atoms with E-state index >= 15 is 0 Å². The van der Waals surface area contributed by atoms with E-state index in [-0.39, 0.29) is 0 Å². The molecule has 0 N–H and O–H groups in total. The molecule has 0 saturated heterocycles. The first kappa shape index (κ1) is 11.5. The van der Waals surface area contributed by atoms with Crippen molar-refractivity contribution in [3.8, 4) is 0 Å². The van der Waals surface area contributed by atoms with Crippen molar-refractivity contribution in [2.75, 3.05) is 0 Å². The lowest BCUT2D eigenvalue weighted by Gasteiger charge is -2.49. The third kappa shape index (κ3) is 1.47. The molecule has 1 heteroatoms. The lowest BCUT2D eigenvalue weighted by Crippen LogP contribution is -2.40. The molecular formula is C16H24O. The fourth-order valence-electron chi connectivity index (χ4n) is 4.95. The van der Waals surface area contributed by atoms with Crippen molar-refractivity contribution in [1.82, 2.24) is 0 Å². The zero-order valence-corrected chi connectivity index (χ0v) is 11.4. The summed E-state index contributed by atoms with van der Waals surface area (Å²) >= 11 is 0. The Hall–Kier alpha value is -0.590. The van der Waals surface area contributed by atoms with E-state index in [1.165, 1.54) is 31.3 Å². The normalized spacial score (nSPS) is 40.2. The van der Waals surface area contributed by atoms with E-state index in [0.717, 1.165) is 25.2 Å². The Kier molecular flexibility index (Phi) is 2.34. The maximum Gasteiger partial charge on any atom is 0.158 e.